The van der Waals surface area contributed by atoms with E-state index in [9.17, 15) is 9.90 Å². The normalized spacial score (nSPS) is 14.1. The second kappa shape index (κ2) is 20.3. The van der Waals surface area contributed by atoms with Crippen LogP contribution >= 0.6 is 79.6 Å². The molecule has 0 spiro atoms. The number of para-hydroxylation sites is 4. The highest BCUT2D eigenvalue weighted by molar-refractivity contribution is 9.11. The Hall–Kier alpha value is -8.13. The molecular weight excluding hydrogens is 1380 g/mol. The topological polar surface area (TPSA) is 89.9 Å². The van der Waals surface area contributed by atoms with Crippen molar-refractivity contribution in [3.8, 4) is 44.5 Å². The summed E-state index contributed by atoms with van der Waals surface area (Å²) in [4.78, 5) is 13.4. The fourth-order valence-electron chi connectivity index (χ4n) is 12.9. The third-order valence-corrected chi connectivity index (χ3v) is 19.7. The zero-order valence-electron chi connectivity index (χ0n) is 44.3. The van der Waals surface area contributed by atoms with Crippen LogP contribution in [-0.4, -0.2) is 10.9 Å². The molecule has 0 saturated heterocycles. The van der Waals surface area contributed by atoms with Gasteiger partial charge in [-0.1, -0.05) is 192 Å². The number of rotatable bonds is 3. The van der Waals surface area contributed by atoms with Gasteiger partial charge in [0, 0.05) is 107 Å². The Morgan fingerprint density at radius 2 is 0.671 bits per heavy atom. The van der Waals surface area contributed by atoms with Crippen LogP contribution in [0.5, 0.6) is 0 Å². The minimum atomic E-state index is -1.48. The lowest BCUT2D eigenvalue weighted by atomic mass is 9.80. The third-order valence-electron chi connectivity index (χ3n) is 16.5. The van der Waals surface area contributed by atoms with E-state index in [1.165, 1.54) is 11.1 Å². The van der Waals surface area contributed by atoms with E-state index >= 15 is 0 Å². The highest BCUT2D eigenvalue weighted by atomic mass is 79.9. The van der Waals surface area contributed by atoms with Crippen LogP contribution in [0.4, 0.5) is 0 Å². The average molecular weight is 1420 g/mol. The first kappa shape index (κ1) is 52.4. The van der Waals surface area contributed by atoms with Crippen molar-refractivity contribution < 1.29 is 27.6 Å². The molecule has 11 heteroatoms. The number of aliphatic hydroxyl groups is 1. The summed E-state index contributed by atoms with van der Waals surface area (Å²) in [6, 6.07) is 76.8. The van der Waals surface area contributed by atoms with E-state index in [4.69, 9.17) is 17.7 Å². The van der Waals surface area contributed by atoms with Gasteiger partial charge in [0.15, 0.2) is 5.78 Å². The molecule has 2 aliphatic rings. The first-order valence-electron chi connectivity index (χ1n) is 27.4. The smallest absolute Gasteiger partial charge is 0.194 e. The minimum absolute atomic E-state index is 0.00376. The number of carbonyl (C=O) groups excluding carboxylic acids is 1. The van der Waals surface area contributed by atoms with Crippen molar-refractivity contribution in [2.24, 2.45) is 0 Å². The Kier molecular flexibility index (Phi) is 12.5. The van der Waals surface area contributed by atoms with Gasteiger partial charge in [0.25, 0.3) is 0 Å². The molecule has 2 aliphatic carbocycles. The zero-order chi connectivity index (χ0) is 57.4. The Bertz CT molecular complexity index is 5480. The summed E-state index contributed by atoms with van der Waals surface area (Å²) in [5.41, 5.74) is 16.3. The minimum Gasteiger partial charge on any atom is -0.455 e. The fraction of sp³-hybridized carbons (Fsp3) is 0.0135. The van der Waals surface area contributed by atoms with Crippen molar-refractivity contribution in [1.29, 1.82) is 0 Å². The van der Waals surface area contributed by atoms with Crippen LogP contribution in [-0.2, 0) is 5.60 Å². The van der Waals surface area contributed by atoms with Crippen molar-refractivity contribution >= 4 is 173 Å². The van der Waals surface area contributed by atoms with Crippen LogP contribution in [0.1, 0.15) is 32.6 Å². The van der Waals surface area contributed by atoms with Gasteiger partial charge in [0.2, 0.25) is 0 Å². The van der Waals surface area contributed by atoms with Crippen molar-refractivity contribution in [1.82, 2.24) is 0 Å². The Morgan fingerprint density at radius 1 is 0.294 bits per heavy atom. The monoisotopic (exact) mass is 1420 g/mol. The number of ketones is 1. The van der Waals surface area contributed by atoms with Crippen LogP contribution in [0, 0.1) is 0 Å². The first-order chi connectivity index (χ1) is 41.6. The van der Waals surface area contributed by atoms with Crippen LogP contribution < -0.4 is 0 Å². The Morgan fingerprint density at radius 3 is 1.24 bits per heavy atom. The highest BCUT2D eigenvalue weighted by Gasteiger charge is 2.48. The molecule has 1 atom stereocenters. The largest absolute Gasteiger partial charge is 0.455 e. The van der Waals surface area contributed by atoms with Crippen molar-refractivity contribution in [3.63, 3.8) is 0 Å². The molecular formula is C74H39Br5O6. The second-order valence-corrected chi connectivity index (χ2v) is 25.4. The van der Waals surface area contributed by atoms with Gasteiger partial charge in [-0.2, -0.15) is 0 Å². The lowest BCUT2D eigenvalue weighted by Crippen LogP contribution is -2.27. The summed E-state index contributed by atoms with van der Waals surface area (Å²) in [5.74, 6) is -0.00376. The van der Waals surface area contributed by atoms with Crippen LogP contribution in [0.3, 0.4) is 0 Å². The molecule has 0 amide bonds. The molecule has 6 nitrogen and oxygen atoms in total. The number of hydrogen-bond donors (Lipinski definition) is 1. The lowest BCUT2D eigenvalue weighted by Gasteiger charge is -2.29. The molecule has 12 aromatic carbocycles. The molecule has 0 bridgehead atoms. The molecule has 0 aliphatic heterocycles. The molecule has 0 radical (unpaired) electrons. The maximum atomic E-state index is 13.4. The van der Waals surface area contributed by atoms with Gasteiger partial charge in [-0.3, -0.25) is 4.79 Å². The summed E-state index contributed by atoms with van der Waals surface area (Å²) in [6.07, 6.45) is 0. The molecule has 406 valence electrons. The predicted octanol–water partition coefficient (Wildman–Crippen LogP) is 23.3. The Balaban J connectivity index is 0.000000118. The molecule has 0 saturated carbocycles. The van der Waals surface area contributed by atoms with Gasteiger partial charge in [-0.15, -0.1) is 0 Å². The molecule has 18 rings (SSSR count). The zero-order valence-corrected chi connectivity index (χ0v) is 52.2. The quantitative estimate of drug-likeness (QED) is 0.190. The van der Waals surface area contributed by atoms with Gasteiger partial charge in [-0.25, -0.2) is 0 Å². The fourth-order valence-corrected chi connectivity index (χ4v) is 15.7. The van der Waals surface area contributed by atoms with Gasteiger partial charge < -0.3 is 22.8 Å². The van der Waals surface area contributed by atoms with E-state index in [0.717, 1.165) is 160 Å². The molecule has 1 unspecified atom stereocenters. The molecule has 16 aromatic rings. The number of hydrogen-bond acceptors (Lipinski definition) is 6. The molecule has 85 heavy (non-hydrogen) atoms. The molecule has 0 fully saturated rings. The molecule has 4 heterocycles. The SMILES string of the molecule is Brc1ccccc1-c1ccccc1.O=C1c2cc(Br)c3c(oc4ccccc43)c2-c2c1cc(Br)c1oc3ccccc3c21.OC1(c2ccccc2-c2ccccc2)c2cc(Br)c3c(oc4ccccc43)c2-c2c1cc(Br)c1oc3ccccc3c21. The van der Waals surface area contributed by atoms with Gasteiger partial charge in [-0.05, 0) is 141 Å². The number of furan rings is 4. The highest BCUT2D eigenvalue weighted by Crippen LogP contribution is 2.61. The standard InChI is InChI=1S/C37H20Br2O3.C25H10Br2O3.C12H9Br/c38-27-18-26-34(36-31(27)22-13-5-8-16-29(22)42-36)33-25(19-28(39)35-32(33)23-14-6-9-17-30(23)41-35)37(26,40)24-15-7-4-12-21(24)20-10-2-1-3-11-20;26-15-9-14-22(25-19(15)11-5-1-3-7-17(11)30-25)20-13(23(14)28)10-16(27)24-21(20)12-6-2-4-8-18(12)29-24;13-12-9-5-4-8-11(12)10-6-2-1-3-7-10/h1-19,40H;1-10H;1-9H. The maximum absolute atomic E-state index is 13.4. The summed E-state index contributed by atoms with van der Waals surface area (Å²) < 4.78 is 30.0. The summed E-state index contributed by atoms with van der Waals surface area (Å²) in [6.45, 7) is 0. The lowest BCUT2D eigenvalue weighted by molar-refractivity contribution is 0.104. The van der Waals surface area contributed by atoms with Crippen molar-refractivity contribution in [2.75, 3.05) is 0 Å². The number of benzene rings is 12. The average Bonchev–Trinajstić information content (AvgIpc) is 1.54. The second-order valence-electron chi connectivity index (χ2n) is 21.1. The van der Waals surface area contributed by atoms with Crippen LogP contribution in [0.15, 0.2) is 271 Å². The van der Waals surface area contributed by atoms with E-state index < -0.39 is 5.60 Å². The van der Waals surface area contributed by atoms with Gasteiger partial charge >= 0.3 is 0 Å². The van der Waals surface area contributed by atoms with Crippen molar-refractivity contribution in [3.05, 3.63) is 281 Å². The number of fused-ring (bicyclic) bond motifs is 22. The first-order valence-corrected chi connectivity index (χ1v) is 31.3. The van der Waals surface area contributed by atoms with E-state index in [1.807, 2.05) is 158 Å². The number of carbonyl (C=O) groups is 1. The van der Waals surface area contributed by atoms with E-state index in [0.29, 0.717) is 11.1 Å². The maximum Gasteiger partial charge on any atom is 0.194 e. The summed E-state index contributed by atoms with van der Waals surface area (Å²) in [5, 5.41) is 21.2. The van der Waals surface area contributed by atoms with Gasteiger partial charge in [0.1, 0.15) is 50.3 Å². The predicted molar refractivity (Wildman–Crippen MR) is 361 cm³/mol. The van der Waals surface area contributed by atoms with Crippen LogP contribution in [0.25, 0.3) is 132 Å². The Labute approximate surface area is 526 Å². The van der Waals surface area contributed by atoms with Crippen LogP contribution in [0.2, 0.25) is 0 Å². The summed E-state index contributed by atoms with van der Waals surface area (Å²) in [7, 11) is 0. The molecule has 1 N–H and O–H groups in total. The summed E-state index contributed by atoms with van der Waals surface area (Å²) >= 11 is 18.5. The van der Waals surface area contributed by atoms with Gasteiger partial charge in [0.05, 0.1) is 8.95 Å². The third kappa shape index (κ3) is 7.97. The molecule has 4 aromatic heterocycles. The van der Waals surface area contributed by atoms with E-state index in [-0.39, 0.29) is 5.78 Å². The van der Waals surface area contributed by atoms with Crippen molar-refractivity contribution in [2.45, 2.75) is 5.60 Å². The van der Waals surface area contributed by atoms with E-state index in [1.54, 1.807) is 0 Å². The van der Waals surface area contributed by atoms with E-state index in [2.05, 4.69) is 152 Å². The number of halogens is 5.